The lowest BCUT2D eigenvalue weighted by atomic mass is 9.72. The van der Waals surface area contributed by atoms with Gasteiger partial charge in [-0.2, -0.15) is 0 Å². The van der Waals surface area contributed by atoms with E-state index < -0.39 is 30.3 Å². The van der Waals surface area contributed by atoms with Crippen molar-refractivity contribution in [2.24, 2.45) is 5.41 Å². The highest BCUT2D eigenvalue weighted by molar-refractivity contribution is 6.64. The Morgan fingerprint density at radius 2 is 1.39 bits per heavy atom. The molecule has 0 N–H and O–H groups in total. The van der Waals surface area contributed by atoms with Crippen LogP contribution >= 0.6 is 92.8 Å². The maximum absolute atomic E-state index is 6.65. The normalized spacial score (nSPS) is 48.8. The molecule has 2 aliphatic carbocycles. The van der Waals surface area contributed by atoms with Gasteiger partial charge in [-0.05, 0) is 5.57 Å². The van der Waals surface area contributed by atoms with Gasteiger partial charge in [0.05, 0.1) is 10.8 Å². The molecule has 0 heterocycles. The third kappa shape index (κ3) is 1.32. The molecule has 4 atom stereocenters. The Bertz CT molecular complexity index is 403. The van der Waals surface area contributed by atoms with Crippen LogP contribution in [0.1, 0.15) is 0 Å². The van der Waals surface area contributed by atoms with Crippen molar-refractivity contribution < 1.29 is 0 Å². The molecule has 0 nitrogen and oxygen atoms in total. The lowest BCUT2D eigenvalue weighted by molar-refractivity contribution is 0.332. The number of fused-ring (bicyclic) bond motifs is 2. The molecule has 2 aliphatic rings. The van der Waals surface area contributed by atoms with E-state index >= 15 is 0 Å². The molecule has 18 heavy (non-hydrogen) atoms. The summed E-state index contributed by atoms with van der Waals surface area (Å²) in [7, 11) is 0. The van der Waals surface area contributed by atoms with E-state index in [1.807, 2.05) is 0 Å². The molecule has 104 valence electrons. The molecule has 0 aromatic carbocycles. The molecule has 2 bridgehead atoms. The van der Waals surface area contributed by atoms with Crippen LogP contribution in [0.4, 0.5) is 0 Å². The molecule has 0 amide bonds. The minimum atomic E-state index is -1.61. The van der Waals surface area contributed by atoms with Gasteiger partial charge >= 0.3 is 0 Å². The van der Waals surface area contributed by atoms with Crippen LogP contribution < -0.4 is 0 Å². The summed E-state index contributed by atoms with van der Waals surface area (Å²) >= 11 is 50.6. The number of hydrogen-bond acceptors (Lipinski definition) is 0. The number of halogens is 8. The second-order valence-corrected chi connectivity index (χ2v) is 8.62. The van der Waals surface area contributed by atoms with Gasteiger partial charge < -0.3 is 0 Å². The van der Waals surface area contributed by atoms with E-state index in [1.54, 1.807) is 0 Å². The summed E-state index contributed by atoms with van der Waals surface area (Å²) in [5.41, 5.74) is -0.528. The highest BCUT2D eigenvalue weighted by Crippen LogP contribution is 2.79. The van der Waals surface area contributed by atoms with Crippen molar-refractivity contribution in [2.75, 3.05) is 11.8 Å². The van der Waals surface area contributed by atoms with Crippen molar-refractivity contribution in [3.05, 3.63) is 12.2 Å². The van der Waals surface area contributed by atoms with Crippen LogP contribution in [-0.2, 0) is 0 Å². The highest BCUT2D eigenvalue weighted by Gasteiger charge is 2.88. The summed E-state index contributed by atoms with van der Waals surface area (Å²) in [4.78, 5) is -2.74. The van der Waals surface area contributed by atoms with Gasteiger partial charge in [0.15, 0.2) is 4.33 Å². The van der Waals surface area contributed by atoms with Gasteiger partial charge in [-0.1, -0.05) is 29.8 Å². The Morgan fingerprint density at radius 1 is 0.944 bits per heavy atom. The molecule has 2 saturated carbocycles. The maximum Gasteiger partial charge on any atom is 0.164 e. The van der Waals surface area contributed by atoms with Crippen LogP contribution in [0.15, 0.2) is 12.2 Å². The fourth-order valence-corrected chi connectivity index (χ4v) is 7.55. The molecular formula is C10H8Cl8. The molecule has 1 unspecified atom stereocenters. The fraction of sp³-hybridized carbons (Fsp3) is 0.800. The van der Waals surface area contributed by atoms with E-state index in [1.165, 1.54) is 0 Å². The first-order chi connectivity index (χ1) is 8.09. The van der Waals surface area contributed by atoms with Crippen molar-refractivity contribution in [1.82, 2.24) is 0 Å². The van der Waals surface area contributed by atoms with Crippen molar-refractivity contribution >= 4 is 92.8 Å². The van der Waals surface area contributed by atoms with Crippen LogP contribution in [0.2, 0.25) is 0 Å². The lowest BCUT2D eigenvalue weighted by Gasteiger charge is -2.46. The predicted octanol–water partition coefficient (Wildman–Crippen LogP) is 5.38. The Kier molecular flexibility index (Phi) is 4.13. The average Bonchev–Trinajstić information content (AvgIpc) is 2.50. The number of hydrogen-bond donors (Lipinski definition) is 0. The molecule has 0 spiro atoms. The van der Waals surface area contributed by atoms with Gasteiger partial charge in [0.2, 0.25) is 0 Å². The number of allylic oxidation sites excluding steroid dienone is 1. The van der Waals surface area contributed by atoms with Gasteiger partial charge in [0, 0.05) is 17.2 Å². The monoisotopic (exact) mass is 408 g/mol. The molecule has 0 radical (unpaired) electrons. The first-order valence-corrected chi connectivity index (χ1v) is 8.40. The van der Waals surface area contributed by atoms with Crippen LogP contribution in [0.5, 0.6) is 0 Å². The smallest absolute Gasteiger partial charge is 0.126 e. The summed E-state index contributed by atoms with van der Waals surface area (Å²) in [6.45, 7) is 3.93. The molecule has 8 heteroatoms. The molecule has 0 aromatic heterocycles. The van der Waals surface area contributed by atoms with Gasteiger partial charge in [-0.15, -0.1) is 69.6 Å². The minimum Gasteiger partial charge on any atom is -0.126 e. The summed E-state index contributed by atoms with van der Waals surface area (Å²) in [5.74, 6) is 0.114. The molecule has 0 saturated heterocycles. The minimum absolute atomic E-state index is 0.0569. The standard InChI is InChI=1S/C10H8Cl8/c1-4-7(2-11,3-12)9(16)6(14)5(13)8(4,15)10(9,17)18/h5-6H,1-3H2/t5-,6?,8-,9+/m1/s1. The second kappa shape index (κ2) is 4.53. The fourth-order valence-electron chi connectivity index (χ4n) is 2.89. The van der Waals surface area contributed by atoms with E-state index in [4.69, 9.17) is 92.8 Å². The Hall–Kier alpha value is 2.06. The molecular weight excluding hydrogens is 404 g/mol. The third-order valence-electron chi connectivity index (χ3n) is 4.10. The quantitative estimate of drug-likeness (QED) is 0.423. The van der Waals surface area contributed by atoms with Crippen molar-refractivity contribution in [2.45, 2.75) is 24.8 Å². The van der Waals surface area contributed by atoms with Gasteiger partial charge in [-0.25, -0.2) is 0 Å². The van der Waals surface area contributed by atoms with Crippen LogP contribution in [-0.4, -0.2) is 36.6 Å². The van der Waals surface area contributed by atoms with E-state index in [-0.39, 0.29) is 11.8 Å². The van der Waals surface area contributed by atoms with Gasteiger partial charge in [0.1, 0.15) is 9.75 Å². The number of alkyl halides is 8. The number of rotatable bonds is 2. The van der Waals surface area contributed by atoms with Crippen LogP contribution in [0.25, 0.3) is 0 Å². The SMILES string of the molecule is C=C1C(CCl)(CCl)[C@@]2(Cl)C(Cl)[C@@H](Cl)[C@@]1(Cl)C2(Cl)Cl. The maximum atomic E-state index is 6.65. The molecule has 0 aliphatic heterocycles. The average molecular weight is 412 g/mol. The summed E-state index contributed by atoms with van der Waals surface area (Å²) < 4.78 is -1.61. The van der Waals surface area contributed by atoms with Crippen LogP contribution in [0.3, 0.4) is 0 Å². The van der Waals surface area contributed by atoms with Crippen molar-refractivity contribution in [3.8, 4) is 0 Å². The summed E-state index contributed by atoms with van der Waals surface area (Å²) in [5, 5.41) is -1.54. The highest BCUT2D eigenvalue weighted by atomic mass is 35.5. The van der Waals surface area contributed by atoms with Gasteiger partial charge in [-0.3, -0.25) is 0 Å². The predicted molar refractivity (Wildman–Crippen MR) is 83.9 cm³/mol. The molecule has 2 fully saturated rings. The second-order valence-electron chi connectivity index (χ2n) is 4.63. The Labute approximate surface area is 146 Å². The Balaban J connectivity index is 2.79. The first-order valence-electron chi connectivity index (χ1n) is 4.95. The van der Waals surface area contributed by atoms with E-state index in [2.05, 4.69) is 6.58 Å². The molecule has 0 aromatic rings. The van der Waals surface area contributed by atoms with Crippen molar-refractivity contribution in [3.63, 3.8) is 0 Å². The zero-order valence-corrected chi connectivity index (χ0v) is 14.8. The summed E-state index contributed by atoms with van der Waals surface area (Å²) in [6, 6.07) is 0. The van der Waals surface area contributed by atoms with E-state index in [0.29, 0.717) is 5.57 Å². The van der Waals surface area contributed by atoms with Crippen LogP contribution in [0, 0.1) is 5.41 Å². The molecule has 2 rings (SSSR count). The van der Waals surface area contributed by atoms with E-state index in [0.717, 1.165) is 0 Å². The first kappa shape index (κ1) is 16.4. The summed E-state index contributed by atoms with van der Waals surface area (Å²) in [6.07, 6.45) is 0. The van der Waals surface area contributed by atoms with Crippen molar-refractivity contribution in [1.29, 1.82) is 0 Å². The topological polar surface area (TPSA) is 0 Å². The van der Waals surface area contributed by atoms with E-state index in [9.17, 15) is 0 Å². The zero-order chi connectivity index (χ0) is 14.1. The van der Waals surface area contributed by atoms with Gasteiger partial charge in [0.25, 0.3) is 0 Å². The zero-order valence-electron chi connectivity index (χ0n) is 8.80. The largest absolute Gasteiger partial charge is 0.164 e. The Morgan fingerprint density at radius 3 is 1.72 bits per heavy atom. The third-order valence-corrected chi connectivity index (χ3v) is 9.73. The lowest BCUT2D eigenvalue weighted by Crippen LogP contribution is -2.57.